The Balaban J connectivity index is 2.37. The molecule has 2 aromatic carbocycles. The minimum absolute atomic E-state index is 0.149. The molecule has 0 aliphatic heterocycles. The zero-order valence-corrected chi connectivity index (χ0v) is 21.1. The number of carbonyl (C=O) groups is 3. The van der Waals surface area contributed by atoms with E-state index in [1.165, 1.54) is 14.0 Å². The van der Waals surface area contributed by atoms with Crippen LogP contribution in [0.2, 0.25) is 0 Å². The van der Waals surface area contributed by atoms with Gasteiger partial charge in [-0.15, -0.1) is 6.58 Å². The molecule has 0 saturated carbocycles. The van der Waals surface area contributed by atoms with Crippen LogP contribution < -0.4 is 10.1 Å². The second kappa shape index (κ2) is 12.2. The highest BCUT2D eigenvalue weighted by molar-refractivity contribution is 5.95. The van der Waals surface area contributed by atoms with Crippen LogP contribution in [0.5, 0.6) is 5.75 Å². The molecule has 7 nitrogen and oxygen atoms in total. The minimum atomic E-state index is -1.34. The van der Waals surface area contributed by atoms with Crippen molar-refractivity contribution in [2.45, 2.75) is 64.2 Å². The maximum absolute atomic E-state index is 13.6. The van der Waals surface area contributed by atoms with Crippen molar-refractivity contribution in [3.05, 3.63) is 78.4 Å². The van der Waals surface area contributed by atoms with Crippen LogP contribution in [0.4, 0.5) is 0 Å². The molecule has 0 fully saturated rings. The number of carbonyl (C=O) groups excluding carboxylic acids is 3. The molecule has 2 aromatic rings. The highest BCUT2D eigenvalue weighted by Gasteiger charge is 2.43. The molecule has 1 N–H and O–H groups in total. The predicted molar refractivity (Wildman–Crippen MR) is 134 cm³/mol. The molecule has 2 atom stereocenters. The Kier molecular flexibility index (Phi) is 9.63. The molecular formula is C28H35NO6. The van der Waals surface area contributed by atoms with Gasteiger partial charge in [-0.05, 0) is 57.4 Å². The van der Waals surface area contributed by atoms with E-state index in [-0.39, 0.29) is 12.8 Å². The number of benzene rings is 2. The summed E-state index contributed by atoms with van der Waals surface area (Å²) in [6.07, 6.45) is 1.49. The van der Waals surface area contributed by atoms with Crippen LogP contribution in [-0.2, 0) is 35.9 Å². The molecule has 7 heteroatoms. The number of methoxy groups -OCH3 is 1. The maximum Gasteiger partial charge on any atom is 0.328 e. The second-order valence-corrected chi connectivity index (χ2v) is 9.36. The average Bonchev–Trinajstić information content (AvgIpc) is 2.81. The lowest BCUT2D eigenvalue weighted by molar-refractivity contribution is -0.158. The number of hydrogen-bond donors (Lipinski definition) is 1. The first-order valence-electron chi connectivity index (χ1n) is 11.5. The molecule has 0 saturated heterocycles. The zero-order chi connectivity index (χ0) is 26.1. The Labute approximate surface area is 207 Å². The summed E-state index contributed by atoms with van der Waals surface area (Å²) in [4.78, 5) is 38.4. The van der Waals surface area contributed by atoms with Gasteiger partial charge in [-0.1, -0.05) is 48.5 Å². The molecule has 0 heterocycles. The Hall–Kier alpha value is -3.61. The molecule has 188 valence electrons. The molecule has 0 aromatic heterocycles. The van der Waals surface area contributed by atoms with Gasteiger partial charge in [0, 0.05) is 0 Å². The topological polar surface area (TPSA) is 90.9 Å². The quantitative estimate of drug-likeness (QED) is 0.376. The molecule has 1 amide bonds. The fourth-order valence-corrected chi connectivity index (χ4v) is 3.65. The first-order valence-corrected chi connectivity index (χ1v) is 11.5. The third kappa shape index (κ3) is 7.98. The van der Waals surface area contributed by atoms with Crippen molar-refractivity contribution in [1.29, 1.82) is 0 Å². The van der Waals surface area contributed by atoms with Crippen molar-refractivity contribution >= 4 is 17.8 Å². The van der Waals surface area contributed by atoms with Crippen LogP contribution in [0.25, 0.3) is 0 Å². The zero-order valence-electron chi connectivity index (χ0n) is 21.1. The average molecular weight is 482 g/mol. The highest BCUT2D eigenvalue weighted by atomic mass is 16.6. The summed E-state index contributed by atoms with van der Waals surface area (Å²) in [6, 6.07) is 15.9. The fourth-order valence-electron chi connectivity index (χ4n) is 3.65. The van der Waals surface area contributed by atoms with E-state index in [1.54, 1.807) is 51.1 Å². The summed E-state index contributed by atoms with van der Waals surface area (Å²) in [6.45, 7) is 11.0. The Bertz CT molecular complexity index is 1010. The van der Waals surface area contributed by atoms with Crippen LogP contribution in [0.1, 0.15) is 51.7 Å². The van der Waals surface area contributed by atoms with Crippen LogP contribution in [0, 0.1) is 0 Å². The highest BCUT2D eigenvalue weighted by Crippen LogP contribution is 2.35. The lowest BCUT2D eigenvalue weighted by Gasteiger charge is -2.33. The first-order chi connectivity index (χ1) is 16.5. The van der Waals surface area contributed by atoms with Gasteiger partial charge < -0.3 is 19.5 Å². The number of rotatable bonds is 11. The van der Waals surface area contributed by atoms with E-state index in [0.717, 1.165) is 5.56 Å². The van der Waals surface area contributed by atoms with Crippen molar-refractivity contribution in [2.24, 2.45) is 0 Å². The van der Waals surface area contributed by atoms with E-state index in [2.05, 4.69) is 11.9 Å². The van der Waals surface area contributed by atoms with E-state index in [4.69, 9.17) is 14.2 Å². The van der Waals surface area contributed by atoms with E-state index >= 15 is 0 Å². The molecule has 0 bridgehead atoms. The normalized spacial score (nSPS) is 13.6. The van der Waals surface area contributed by atoms with Gasteiger partial charge in [-0.3, -0.25) is 9.59 Å². The van der Waals surface area contributed by atoms with Crippen LogP contribution in [-0.4, -0.2) is 36.6 Å². The van der Waals surface area contributed by atoms with Crippen molar-refractivity contribution < 1.29 is 28.6 Å². The number of hydrogen-bond acceptors (Lipinski definition) is 6. The van der Waals surface area contributed by atoms with Gasteiger partial charge in [-0.2, -0.15) is 0 Å². The van der Waals surface area contributed by atoms with E-state index < -0.39 is 34.9 Å². The second-order valence-electron chi connectivity index (χ2n) is 9.36. The third-order valence-corrected chi connectivity index (χ3v) is 5.35. The van der Waals surface area contributed by atoms with Crippen LogP contribution in [0.3, 0.4) is 0 Å². The standard InChI is InChI=1S/C28H35NO6/c1-7-17-28(18-24(30)35-27(3,4)5,26(32)29-20(2)25(31)33-6)22-13-15-23(16-14-22)34-19-21-11-9-8-10-12-21/h7-16,20H,1,17-19H2,2-6H3,(H,29,32)/t20-,28?/m1/s1. The van der Waals surface area contributed by atoms with Gasteiger partial charge in [0.15, 0.2) is 0 Å². The first kappa shape index (κ1) is 27.6. The number of allylic oxidation sites excluding steroid dienone is 1. The molecule has 0 spiro atoms. The summed E-state index contributed by atoms with van der Waals surface area (Å²) in [5.74, 6) is -1.01. The lowest BCUT2D eigenvalue weighted by Crippen LogP contribution is -2.51. The van der Waals surface area contributed by atoms with Gasteiger partial charge in [0.1, 0.15) is 24.0 Å². The van der Waals surface area contributed by atoms with Gasteiger partial charge in [0.25, 0.3) is 0 Å². The smallest absolute Gasteiger partial charge is 0.328 e. The van der Waals surface area contributed by atoms with Crippen LogP contribution in [0.15, 0.2) is 67.3 Å². The molecule has 0 radical (unpaired) electrons. The molecule has 1 unspecified atom stereocenters. The van der Waals surface area contributed by atoms with Crippen LogP contribution >= 0.6 is 0 Å². The lowest BCUT2D eigenvalue weighted by atomic mass is 9.73. The summed E-state index contributed by atoms with van der Waals surface area (Å²) in [5, 5.41) is 2.68. The van der Waals surface area contributed by atoms with Crippen molar-refractivity contribution in [3.8, 4) is 5.75 Å². The SMILES string of the molecule is C=CCC(CC(=O)OC(C)(C)C)(C(=O)N[C@H](C)C(=O)OC)c1ccc(OCc2ccccc2)cc1. The third-order valence-electron chi connectivity index (χ3n) is 5.35. The predicted octanol–water partition coefficient (Wildman–Crippen LogP) is 4.49. The minimum Gasteiger partial charge on any atom is -0.489 e. The number of nitrogens with one attached hydrogen (secondary N) is 1. The molecule has 2 rings (SSSR count). The molecule has 35 heavy (non-hydrogen) atoms. The summed E-state index contributed by atoms with van der Waals surface area (Å²) in [7, 11) is 1.25. The molecule has 0 aliphatic carbocycles. The Morgan fingerprint density at radius 3 is 2.20 bits per heavy atom. The van der Waals surface area contributed by atoms with Gasteiger partial charge in [-0.25, -0.2) is 4.79 Å². The van der Waals surface area contributed by atoms with E-state index in [0.29, 0.717) is 17.9 Å². The Morgan fingerprint density at radius 1 is 1.03 bits per heavy atom. The van der Waals surface area contributed by atoms with Gasteiger partial charge >= 0.3 is 11.9 Å². The van der Waals surface area contributed by atoms with Gasteiger partial charge in [0.05, 0.1) is 18.9 Å². The summed E-state index contributed by atoms with van der Waals surface area (Å²) >= 11 is 0. The van der Waals surface area contributed by atoms with E-state index in [9.17, 15) is 14.4 Å². The van der Waals surface area contributed by atoms with Crippen molar-refractivity contribution in [2.75, 3.05) is 7.11 Å². The number of ether oxygens (including phenoxy) is 3. The van der Waals surface area contributed by atoms with Gasteiger partial charge in [0.2, 0.25) is 5.91 Å². The molecular weight excluding hydrogens is 446 g/mol. The number of esters is 2. The summed E-state index contributed by atoms with van der Waals surface area (Å²) in [5.41, 5.74) is -0.463. The van der Waals surface area contributed by atoms with Crippen molar-refractivity contribution in [3.63, 3.8) is 0 Å². The summed E-state index contributed by atoms with van der Waals surface area (Å²) < 4.78 is 16.1. The fraction of sp³-hybridized carbons (Fsp3) is 0.393. The number of amides is 1. The van der Waals surface area contributed by atoms with E-state index in [1.807, 2.05) is 30.3 Å². The largest absolute Gasteiger partial charge is 0.489 e. The molecule has 0 aliphatic rings. The monoisotopic (exact) mass is 481 g/mol. The Morgan fingerprint density at radius 2 is 1.66 bits per heavy atom. The van der Waals surface area contributed by atoms with Crippen molar-refractivity contribution in [1.82, 2.24) is 5.32 Å². The maximum atomic E-state index is 13.6.